The minimum absolute atomic E-state index is 0.0269. The van der Waals surface area contributed by atoms with Crippen LogP contribution in [0.15, 0.2) is 12.1 Å². The molecule has 0 amide bonds. The number of nitrogen functional groups attached to an aromatic ring is 1. The van der Waals surface area contributed by atoms with Crippen LogP contribution in [0.1, 0.15) is 19.8 Å². The molecule has 1 fully saturated rings. The molecule has 94 valence electrons. The number of nitrogens with two attached hydrogens (primary N) is 1. The van der Waals surface area contributed by atoms with Crippen molar-refractivity contribution in [1.29, 1.82) is 0 Å². The Bertz CT molecular complexity index is 406. The van der Waals surface area contributed by atoms with Crippen LogP contribution >= 0.6 is 0 Å². The van der Waals surface area contributed by atoms with E-state index in [1.807, 2.05) is 6.92 Å². The fourth-order valence-electron chi connectivity index (χ4n) is 2.04. The monoisotopic (exact) mass is 242 g/mol. The number of rotatable bonds is 3. The predicted octanol–water partition coefficient (Wildman–Crippen LogP) is 2.53. The summed E-state index contributed by atoms with van der Waals surface area (Å²) in [6.45, 7) is 2.65. The minimum Gasteiger partial charge on any atom is -0.395 e. The molecule has 1 saturated heterocycles. The van der Waals surface area contributed by atoms with Crippen molar-refractivity contribution in [1.82, 2.24) is 0 Å². The van der Waals surface area contributed by atoms with Gasteiger partial charge in [-0.2, -0.15) is 0 Å². The van der Waals surface area contributed by atoms with Gasteiger partial charge in [0.25, 0.3) is 0 Å². The molecule has 3 nitrogen and oxygen atoms in total. The minimum atomic E-state index is -0.743. The second-order valence-electron chi connectivity index (χ2n) is 4.33. The summed E-state index contributed by atoms with van der Waals surface area (Å²) < 4.78 is 31.8. The van der Waals surface area contributed by atoms with Gasteiger partial charge in [0.2, 0.25) is 0 Å². The molecule has 1 aromatic carbocycles. The first-order valence-corrected chi connectivity index (χ1v) is 5.70. The average Bonchev–Trinajstić information content (AvgIpc) is 2.78. The van der Waals surface area contributed by atoms with E-state index >= 15 is 0 Å². The molecule has 3 N–H and O–H groups in total. The van der Waals surface area contributed by atoms with E-state index in [1.54, 1.807) is 0 Å². The van der Waals surface area contributed by atoms with Crippen LogP contribution in [-0.2, 0) is 4.74 Å². The third-order valence-electron chi connectivity index (χ3n) is 3.00. The van der Waals surface area contributed by atoms with Crippen molar-refractivity contribution in [3.05, 3.63) is 23.8 Å². The summed E-state index contributed by atoms with van der Waals surface area (Å²) in [5.41, 5.74) is 5.78. The SMILES string of the molecule is CC(Nc1cc(F)cc(F)c1N)C1CCCO1. The van der Waals surface area contributed by atoms with Crippen LogP contribution in [0.2, 0.25) is 0 Å². The summed E-state index contributed by atoms with van der Waals surface area (Å²) in [5.74, 6) is -1.38. The fourth-order valence-corrected chi connectivity index (χ4v) is 2.04. The van der Waals surface area contributed by atoms with E-state index in [1.165, 1.54) is 6.07 Å². The molecule has 17 heavy (non-hydrogen) atoms. The first-order valence-electron chi connectivity index (χ1n) is 5.70. The van der Waals surface area contributed by atoms with Crippen LogP contribution in [0.4, 0.5) is 20.2 Å². The number of hydrogen-bond donors (Lipinski definition) is 2. The second kappa shape index (κ2) is 4.87. The number of anilines is 2. The zero-order valence-electron chi connectivity index (χ0n) is 9.67. The van der Waals surface area contributed by atoms with Gasteiger partial charge < -0.3 is 15.8 Å². The van der Waals surface area contributed by atoms with Crippen molar-refractivity contribution in [3.8, 4) is 0 Å². The third-order valence-corrected chi connectivity index (χ3v) is 3.00. The number of benzene rings is 1. The molecule has 1 aliphatic rings. The molecule has 0 aliphatic carbocycles. The zero-order chi connectivity index (χ0) is 12.4. The molecule has 0 aromatic heterocycles. The number of halogens is 2. The van der Waals surface area contributed by atoms with Crippen molar-refractivity contribution in [2.24, 2.45) is 0 Å². The first kappa shape index (κ1) is 12.1. The Hall–Kier alpha value is -1.36. The highest BCUT2D eigenvalue weighted by molar-refractivity contribution is 5.67. The maximum absolute atomic E-state index is 13.2. The molecule has 0 saturated carbocycles. The van der Waals surface area contributed by atoms with E-state index in [0.29, 0.717) is 0 Å². The summed E-state index contributed by atoms with van der Waals surface area (Å²) in [5, 5.41) is 3.00. The molecule has 5 heteroatoms. The van der Waals surface area contributed by atoms with Gasteiger partial charge in [0, 0.05) is 18.7 Å². The lowest BCUT2D eigenvalue weighted by Gasteiger charge is -2.22. The lowest BCUT2D eigenvalue weighted by atomic mass is 10.1. The molecule has 0 spiro atoms. The topological polar surface area (TPSA) is 47.3 Å². The van der Waals surface area contributed by atoms with E-state index < -0.39 is 11.6 Å². The van der Waals surface area contributed by atoms with Crippen LogP contribution in [0.5, 0.6) is 0 Å². The smallest absolute Gasteiger partial charge is 0.151 e. The van der Waals surface area contributed by atoms with Crippen molar-refractivity contribution in [3.63, 3.8) is 0 Å². The molecule has 0 bridgehead atoms. The molecule has 2 atom stereocenters. The van der Waals surface area contributed by atoms with E-state index in [4.69, 9.17) is 10.5 Å². The maximum atomic E-state index is 13.2. The standard InChI is InChI=1S/C12H16F2N2O/c1-7(11-3-2-4-17-11)16-10-6-8(13)5-9(14)12(10)15/h5-7,11,16H,2-4,15H2,1H3. The van der Waals surface area contributed by atoms with Gasteiger partial charge in [-0.1, -0.05) is 0 Å². The van der Waals surface area contributed by atoms with E-state index in [-0.39, 0.29) is 23.5 Å². The van der Waals surface area contributed by atoms with Gasteiger partial charge in [-0.3, -0.25) is 0 Å². The van der Waals surface area contributed by atoms with Crippen LogP contribution < -0.4 is 11.1 Å². The molecule has 2 unspecified atom stereocenters. The largest absolute Gasteiger partial charge is 0.395 e. The molecule has 0 radical (unpaired) electrons. The predicted molar refractivity (Wildman–Crippen MR) is 62.8 cm³/mol. The maximum Gasteiger partial charge on any atom is 0.151 e. The Kier molecular flexibility index (Phi) is 3.47. The van der Waals surface area contributed by atoms with Crippen LogP contribution in [0, 0.1) is 11.6 Å². The summed E-state index contributed by atoms with van der Waals surface area (Å²) in [4.78, 5) is 0. The first-order chi connectivity index (χ1) is 8.08. The normalized spacial score (nSPS) is 21.5. The molecular formula is C12H16F2N2O. The van der Waals surface area contributed by atoms with Crippen LogP contribution in [0.3, 0.4) is 0 Å². The Morgan fingerprint density at radius 3 is 2.88 bits per heavy atom. The van der Waals surface area contributed by atoms with Gasteiger partial charge in [0.15, 0.2) is 5.82 Å². The highest BCUT2D eigenvalue weighted by atomic mass is 19.1. The Morgan fingerprint density at radius 1 is 1.47 bits per heavy atom. The van der Waals surface area contributed by atoms with Crippen molar-refractivity contribution in [2.75, 3.05) is 17.7 Å². The lowest BCUT2D eigenvalue weighted by molar-refractivity contribution is 0.0996. The average molecular weight is 242 g/mol. The Balaban J connectivity index is 2.12. The molecule has 1 aliphatic heterocycles. The number of ether oxygens (including phenoxy) is 1. The molecule has 2 rings (SSSR count). The van der Waals surface area contributed by atoms with Crippen LogP contribution in [-0.4, -0.2) is 18.8 Å². The van der Waals surface area contributed by atoms with Gasteiger partial charge in [-0.25, -0.2) is 8.78 Å². The highest BCUT2D eigenvalue weighted by Gasteiger charge is 2.23. The molecular weight excluding hydrogens is 226 g/mol. The lowest BCUT2D eigenvalue weighted by Crippen LogP contribution is -2.30. The summed E-state index contributed by atoms with van der Waals surface area (Å²) in [6, 6.07) is 1.95. The van der Waals surface area contributed by atoms with E-state index in [2.05, 4.69) is 5.32 Å². The van der Waals surface area contributed by atoms with Gasteiger partial charge in [0.05, 0.1) is 17.5 Å². The third kappa shape index (κ3) is 2.66. The number of hydrogen-bond acceptors (Lipinski definition) is 3. The second-order valence-corrected chi connectivity index (χ2v) is 4.33. The van der Waals surface area contributed by atoms with Crippen molar-refractivity contribution in [2.45, 2.75) is 31.9 Å². The van der Waals surface area contributed by atoms with Gasteiger partial charge in [0.1, 0.15) is 5.82 Å². The van der Waals surface area contributed by atoms with Crippen molar-refractivity contribution >= 4 is 11.4 Å². The highest BCUT2D eigenvalue weighted by Crippen LogP contribution is 2.26. The van der Waals surface area contributed by atoms with Gasteiger partial charge in [-0.15, -0.1) is 0 Å². The summed E-state index contributed by atoms with van der Waals surface area (Å²) in [6.07, 6.45) is 2.04. The summed E-state index contributed by atoms with van der Waals surface area (Å²) in [7, 11) is 0. The van der Waals surface area contributed by atoms with Crippen molar-refractivity contribution < 1.29 is 13.5 Å². The number of nitrogens with one attached hydrogen (secondary N) is 1. The Labute approximate surface area is 98.9 Å². The molecule has 1 heterocycles. The Morgan fingerprint density at radius 2 is 2.24 bits per heavy atom. The quantitative estimate of drug-likeness (QED) is 0.801. The van der Waals surface area contributed by atoms with E-state index in [9.17, 15) is 8.78 Å². The van der Waals surface area contributed by atoms with Gasteiger partial charge >= 0.3 is 0 Å². The van der Waals surface area contributed by atoms with Crippen LogP contribution in [0.25, 0.3) is 0 Å². The fraction of sp³-hybridized carbons (Fsp3) is 0.500. The summed E-state index contributed by atoms with van der Waals surface area (Å²) >= 11 is 0. The zero-order valence-corrected chi connectivity index (χ0v) is 9.67. The van der Waals surface area contributed by atoms with Gasteiger partial charge in [-0.05, 0) is 25.8 Å². The van der Waals surface area contributed by atoms with E-state index in [0.717, 1.165) is 25.5 Å². The molecule has 1 aromatic rings.